The van der Waals surface area contributed by atoms with E-state index in [0.717, 1.165) is 47.4 Å². The first kappa shape index (κ1) is 20.6. The van der Waals surface area contributed by atoms with Crippen molar-refractivity contribution in [1.82, 2.24) is 14.9 Å². The van der Waals surface area contributed by atoms with Gasteiger partial charge < -0.3 is 10.2 Å². The van der Waals surface area contributed by atoms with Crippen molar-refractivity contribution in [1.29, 1.82) is 0 Å². The number of nitrogens with one attached hydrogen (secondary N) is 1. The van der Waals surface area contributed by atoms with E-state index in [0.29, 0.717) is 18.0 Å². The smallest absolute Gasteiger partial charge is 0.257 e. The summed E-state index contributed by atoms with van der Waals surface area (Å²) in [5.74, 6) is 0.576. The number of benzene rings is 1. The molecule has 0 saturated carbocycles. The van der Waals surface area contributed by atoms with Crippen LogP contribution in [-0.2, 0) is 6.54 Å². The van der Waals surface area contributed by atoms with E-state index >= 15 is 0 Å². The quantitative estimate of drug-likeness (QED) is 0.435. The molecular formula is C26H26N4OS. The van der Waals surface area contributed by atoms with E-state index in [-0.39, 0.29) is 5.91 Å². The molecule has 1 amide bonds. The number of piperidine rings is 1. The molecule has 5 nitrogen and oxygen atoms in total. The molecule has 1 N–H and O–H groups in total. The molecule has 3 aromatic heterocycles. The number of aromatic nitrogens is 2. The highest BCUT2D eigenvalue weighted by Gasteiger charge is 2.27. The highest BCUT2D eigenvalue weighted by atomic mass is 32.1. The van der Waals surface area contributed by atoms with Gasteiger partial charge in [-0.15, -0.1) is 11.3 Å². The number of hydrogen-bond donors (Lipinski definition) is 1. The Hall–Kier alpha value is -3.25. The summed E-state index contributed by atoms with van der Waals surface area (Å²) in [5, 5.41) is 4.53. The Bertz CT molecular complexity index is 1210. The number of likely N-dealkylation sites (tertiary alicyclic amines) is 1. The van der Waals surface area contributed by atoms with Crippen molar-refractivity contribution in [2.24, 2.45) is 0 Å². The summed E-state index contributed by atoms with van der Waals surface area (Å²) in [5.41, 5.74) is 3.97. The van der Waals surface area contributed by atoms with Crippen molar-refractivity contribution in [2.75, 3.05) is 18.4 Å². The molecule has 4 heterocycles. The van der Waals surface area contributed by atoms with Gasteiger partial charge in [0.1, 0.15) is 4.83 Å². The maximum absolute atomic E-state index is 13.6. The van der Waals surface area contributed by atoms with Crippen LogP contribution >= 0.6 is 11.3 Å². The number of anilines is 1. The molecule has 1 fully saturated rings. The number of nitrogens with zero attached hydrogens (tertiary/aromatic N) is 3. The molecule has 5 rings (SSSR count). The lowest BCUT2D eigenvalue weighted by molar-refractivity contribution is 0.0713. The van der Waals surface area contributed by atoms with E-state index in [1.165, 1.54) is 10.4 Å². The number of carbonyl (C=O) groups excluding carboxylic acids is 1. The third-order valence-electron chi connectivity index (χ3n) is 6.16. The molecule has 1 saturated heterocycles. The Morgan fingerprint density at radius 2 is 1.94 bits per heavy atom. The van der Waals surface area contributed by atoms with Gasteiger partial charge in [-0.05, 0) is 48.9 Å². The third-order valence-corrected chi connectivity index (χ3v) is 7.12. The average molecular weight is 443 g/mol. The zero-order valence-electron chi connectivity index (χ0n) is 18.1. The minimum absolute atomic E-state index is 0.0588. The molecule has 0 unspecified atom stereocenters. The Balaban J connectivity index is 1.38. The Morgan fingerprint density at radius 1 is 1.12 bits per heavy atom. The van der Waals surface area contributed by atoms with Crippen molar-refractivity contribution in [3.05, 3.63) is 88.7 Å². The van der Waals surface area contributed by atoms with Crippen LogP contribution in [0.1, 0.15) is 45.1 Å². The highest BCUT2D eigenvalue weighted by molar-refractivity contribution is 7.18. The number of thiophene rings is 1. The van der Waals surface area contributed by atoms with Gasteiger partial charge >= 0.3 is 0 Å². The molecule has 0 atom stereocenters. The predicted molar refractivity (Wildman–Crippen MR) is 130 cm³/mol. The second-order valence-corrected chi connectivity index (χ2v) is 9.55. The topological polar surface area (TPSA) is 58.1 Å². The van der Waals surface area contributed by atoms with Gasteiger partial charge in [-0.3, -0.25) is 9.78 Å². The van der Waals surface area contributed by atoms with Crippen LogP contribution in [0, 0.1) is 6.92 Å². The van der Waals surface area contributed by atoms with E-state index in [4.69, 9.17) is 0 Å². The number of fused-ring (bicyclic) bond motifs is 1. The minimum atomic E-state index is 0.0588. The summed E-state index contributed by atoms with van der Waals surface area (Å²) in [7, 11) is 0. The SMILES string of the molecule is Cc1cc2c(NCc3cccnc3)c(C(=O)N3CCC(c4ccccc4)CC3)cnc2s1. The largest absolute Gasteiger partial charge is 0.380 e. The Labute approximate surface area is 192 Å². The molecular weight excluding hydrogens is 416 g/mol. The molecule has 1 aromatic carbocycles. The molecule has 4 aromatic rings. The number of amides is 1. The van der Waals surface area contributed by atoms with Gasteiger partial charge in [-0.2, -0.15) is 0 Å². The summed E-state index contributed by atoms with van der Waals surface area (Å²) >= 11 is 1.65. The van der Waals surface area contributed by atoms with Crippen LogP contribution in [0.15, 0.2) is 67.1 Å². The van der Waals surface area contributed by atoms with E-state index in [1.807, 2.05) is 23.2 Å². The van der Waals surface area contributed by atoms with Gasteiger partial charge in [0.2, 0.25) is 0 Å². The molecule has 1 aliphatic rings. The minimum Gasteiger partial charge on any atom is -0.380 e. The molecule has 6 heteroatoms. The van der Waals surface area contributed by atoms with Crippen LogP contribution < -0.4 is 5.32 Å². The van der Waals surface area contributed by atoms with Crippen LogP contribution in [0.2, 0.25) is 0 Å². The van der Waals surface area contributed by atoms with Gasteiger partial charge in [0.25, 0.3) is 5.91 Å². The second-order valence-electron chi connectivity index (χ2n) is 8.31. The summed E-state index contributed by atoms with van der Waals surface area (Å²) < 4.78 is 0. The van der Waals surface area contributed by atoms with E-state index in [2.05, 4.69) is 58.6 Å². The van der Waals surface area contributed by atoms with Crippen molar-refractivity contribution >= 4 is 33.1 Å². The van der Waals surface area contributed by atoms with Crippen molar-refractivity contribution in [3.63, 3.8) is 0 Å². The molecule has 162 valence electrons. The third kappa shape index (κ3) is 4.23. The first-order chi connectivity index (χ1) is 15.7. The zero-order valence-corrected chi connectivity index (χ0v) is 18.9. The van der Waals surface area contributed by atoms with Crippen LogP contribution in [0.5, 0.6) is 0 Å². The van der Waals surface area contributed by atoms with E-state index < -0.39 is 0 Å². The van der Waals surface area contributed by atoms with E-state index in [9.17, 15) is 4.79 Å². The van der Waals surface area contributed by atoms with Crippen LogP contribution in [0.4, 0.5) is 5.69 Å². The fourth-order valence-corrected chi connectivity index (χ4v) is 5.33. The molecule has 0 aliphatic carbocycles. The van der Waals surface area contributed by atoms with E-state index in [1.54, 1.807) is 23.7 Å². The average Bonchev–Trinajstić information content (AvgIpc) is 3.24. The molecule has 32 heavy (non-hydrogen) atoms. The van der Waals surface area contributed by atoms with Gasteiger partial charge in [-0.1, -0.05) is 36.4 Å². The van der Waals surface area contributed by atoms with Gasteiger partial charge in [0.15, 0.2) is 0 Å². The number of hydrogen-bond acceptors (Lipinski definition) is 5. The fraction of sp³-hybridized carbons (Fsp3) is 0.269. The van der Waals surface area contributed by atoms with Gasteiger partial charge in [0.05, 0.1) is 11.3 Å². The number of carbonyl (C=O) groups is 1. The lowest BCUT2D eigenvalue weighted by Crippen LogP contribution is -2.38. The molecule has 0 radical (unpaired) electrons. The normalized spacial score (nSPS) is 14.6. The van der Waals surface area contributed by atoms with Crippen molar-refractivity contribution in [3.8, 4) is 0 Å². The first-order valence-electron chi connectivity index (χ1n) is 11.0. The standard InChI is InChI=1S/C26H26N4OS/c1-18-14-22-24(28-16-19-6-5-11-27-15-19)23(17-29-25(22)32-18)26(31)30-12-9-21(10-13-30)20-7-3-2-4-8-20/h2-8,11,14-15,17,21H,9-10,12-13,16H2,1H3,(H,28,29). The first-order valence-corrected chi connectivity index (χ1v) is 11.9. The van der Waals surface area contributed by atoms with Crippen LogP contribution in [0.25, 0.3) is 10.2 Å². The summed E-state index contributed by atoms with van der Waals surface area (Å²) in [6.45, 7) is 4.22. The van der Waals surface area contributed by atoms with Crippen molar-refractivity contribution in [2.45, 2.75) is 32.2 Å². The van der Waals surface area contributed by atoms with Crippen LogP contribution in [0.3, 0.4) is 0 Å². The monoisotopic (exact) mass is 442 g/mol. The fourth-order valence-electron chi connectivity index (χ4n) is 4.47. The van der Waals surface area contributed by atoms with Crippen LogP contribution in [-0.4, -0.2) is 33.9 Å². The number of aryl methyl sites for hydroxylation is 1. The maximum atomic E-state index is 13.6. The van der Waals surface area contributed by atoms with Crippen molar-refractivity contribution < 1.29 is 4.79 Å². The summed E-state index contributed by atoms with van der Waals surface area (Å²) in [6.07, 6.45) is 7.34. The summed E-state index contributed by atoms with van der Waals surface area (Å²) in [6, 6.07) is 16.7. The highest BCUT2D eigenvalue weighted by Crippen LogP contribution is 2.34. The molecule has 0 spiro atoms. The number of pyridine rings is 2. The zero-order chi connectivity index (χ0) is 21.9. The van der Waals surface area contributed by atoms with Gasteiger partial charge in [-0.25, -0.2) is 4.98 Å². The summed E-state index contributed by atoms with van der Waals surface area (Å²) in [4.78, 5) is 26.5. The van der Waals surface area contributed by atoms with Gasteiger partial charge in [0, 0.05) is 48.5 Å². The Kier molecular flexibility index (Phi) is 5.86. The number of rotatable bonds is 5. The lowest BCUT2D eigenvalue weighted by atomic mass is 9.89. The predicted octanol–water partition coefficient (Wildman–Crippen LogP) is 5.63. The maximum Gasteiger partial charge on any atom is 0.257 e. The lowest BCUT2D eigenvalue weighted by Gasteiger charge is -2.32. The molecule has 0 bridgehead atoms. The molecule has 1 aliphatic heterocycles. The Morgan fingerprint density at radius 3 is 2.69 bits per heavy atom. The second kappa shape index (κ2) is 9.09.